The minimum atomic E-state index is -0.0445. The Labute approximate surface area is 91.0 Å². The Morgan fingerprint density at radius 3 is 3.00 bits per heavy atom. The Kier molecular flexibility index (Phi) is 4.20. The molecule has 2 rings (SSSR count). The topological polar surface area (TPSA) is 38.3 Å². The van der Waals surface area contributed by atoms with E-state index in [-0.39, 0.29) is 24.4 Å². The molecule has 1 saturated heterocycles. The maximum absolute atomic E-state index is 11.5. The maximum Gasteiger partial charge on any atom is 0.323 e. The lowest BCUT2D eigenvalue weighted by Crippen LogP contribution is -2.37. The standard InChI is InChI=1S/C10H17NO2.ClH/c1-2-13-10(12)9-8-5-3-4-7(8)6-11-9;/h7-9,11H,2-6H2,1H3;1H/t7-,8-,9-;/m1./s1. The lowest BCUT2D eigenvalue weighted by Gasteiger charge is -2.15. The molecular weight excluding hydrogens is 202 g/mol. The summed E-state index contributed by atoms with van der Waals surface area (Å²) in [6, 6.07) is -0.00699. The number of halogens is 1. The second kappa shape index (κ2) is 4.99. The van der Waals surface area contributed by atoms with Gasteiger partial charge in [0.15, 0.2) is 0 Å². The van der Waals surface area contributed by atoms with Crippen LogP contribution in [0, 0.1) is 11.8 Å². The van der Waals surface area contributed by atoms with Crippen LogP contribution in [0.25, 0.3) is 0 Å². The minimum Gasteiger partial charge on any atom is -0.465 e. The highest BCUT2D eigenvalue weighted by atomic mass is 35.5. The molecule has 1 N–H and O–H groups in total. The van der Waals surface area contributed by atoms with Gasteiger partial charge in [0.2, 0.25) is 0 Å². The first-order valence-electron chi connectivity index (χ1n) is 5.23. The van der Waals surface area contributed by atoms with Crippen LogP contribution >= 0.6 is 12.4 Å². The summed E-state index contributed by atoms with van der Waals surface area (Å²) >= 11 is 0. The van der Waals surface area contributed by atoms with Crippen LogP contribution in [-0.4, -0.2) is 25.2 Å². The number of carbonyl (C=O) groups is 1. The van der Waals surface area contributed by atoms with Gasteiger partial charge in [-0.05, 0) is 38.1 Å². The number of hydrogen-bond acceptors (Lipinski definition) is 3. The normalized spacial score (nSPS) is 34.8. The second-order valence-corrected chi connectivity index (χ2v) is 3.99. The molecule has 0 unspecified atom stereocenters. The van der Waals surface area contributed by atoms with Gasteiger partial charge in [0, 0.05) is 0 Å². The van der Waals surface area contributed by atoms with E-state index in [9.17, 15) is 4.79 Å². The van der Waals surface area contributed by atoms with Gasteiger partial charge in [-0.15, -0.1) is 12.4 Å². The molecule has 0 aromatic carbocycles. The average molecular weight is 220 g/mol. The minimum absolute atomic E-state index is 0. The lowest BCUT2D eigenvalue weighted by atomic mass is 9.94. The molecule has 1 aliphatic carbocycles. The van der Waals surface area contributed by atoms with Crippen molar-refractivity contribution in [2.24, 2.45) is 11.8 Å². The van der Waals surface area contributed by atoms with Crippen molar-refractivity contribution < 1.29 is 9.53 Å². The fourth-order valence-corrected chi connectivity index (χ4v) is 2.68. The molecule has 3 atom stereocenters. The summed E-state index contributed by atoms with van der Waals surface area (Å²) in [5.74, 6) is 1.24. The zero-order chi connectivity index (χ0) is 9.26. The third-order valence-corrected chi connectivity index (χ3v) is 3.29. The van der Waals surface area contributed by atoms with E-state index >= 15 is 0 Å². The first-order valence-corrected chi connectivity index (χ1v) is 5.23. The van der Waals surface area contributed by atoms with Crippen molar-refractivity contribution >= 4 is 18.4 Å². The number of carbonyl (C=O) groups excluding carboxylic acids is 1. The van der Waals surface area contributed by atoms with Gasteiger partial charge >= 0.3 is 5.97 Å². The molecule has 82 valence electrons. The Hall–Kier alpha value is -0.280. The van der Waals surface area contributed by atoms with E-state index in [1.165, 1.54) is 19.3 Å². The van der Waals surface area contributed by atoms with Gasteiger partial charge in [0.25, 0.3) is 0 Å². The summed E-state index contributed by atoms with van der Waals surface area (Å²) in [5.41, 5.74) is 0. The average Bonchev–Trinajstić information content (AvgIpc) is 2.62. The fraction of sp³-hybridized carbons (Fsp3) is 0.900. The molecule has 1 saturated carbocycles. The number of ether oxygens (including phenoxy) is 1. The zero-order valence-corrected chi connectivity index (χ0v) is 9.31. The number of hydrogen-bond donors (Lipinski definition) is 1. The van der Waals surface area contributed by atoms with Crippen LogP contribution in [0.4, 0.5) is 0 Å². The third kappa shape index (κ3) is 2.04. The largest absolute Gasteiger partial charge is 0.465 e. The van der Waals surface area contributed by atoms with E-state index in [0.29, 0.717) is 12.5 Å². The predicted octanol–water partition coefficient (Wildman–Crippen LogP) is 1.36. The van der Waals surface area contributed by atoms with Crippen LogP contribution in [0.5, 0.6) is 0 Å². The lowest BCUT2D eigenvalue weighted by molar-refractivity contribution is -0.146. The van der Waals surface area contributed by atoms with E-state index < -0.39 is 0 Å². The second-order valence-electron chi connectivity index (χ2n) is 3.99. The third-order valence-electron chi connectivity index (χ3n) is 3.29. The van der Waals surface area contributed by atoms with Crippen LogP contribution in [-0.2, 0) is 9.53 Å². The fourth-order valence-electron chi connectivity index (χ4n) is 2.68. The summed E-state index contributed by atoms with van der Waals surface area (Å²) in [6.07, 6.45) is 3.77. The van der Waals surface area contributed by atoms with Gasteiger partial charge in [-0.1, -0.05) is 6.42 Å². The molecule has 0 radical (unpaired) electrons. The van der Waals surface area contributed by atoms with Crippen molar-refractivity contribution in [3.63, 3.8) is 0 Å². The van der Waals surface area contributed by atoms with Crippen molar-refractivity contribution in [1.29, 1.82) is 0 Å². The van der Waals surface area contributed by atoms with Gasteiger partial charge in [0.05, 0.1) is 6.61 Å². The van der Waals surface area contributed by atoms with Crippen LogP contribution in [0.3, 0.4) is 0 Å². The van der Waals surface area contributed by atoms with Gasteiger partial charge in [-0.3, -0.25) is 4.79 Å². The van der Waals surface area contributed by atoms with Crippen molar-refractivity contribution in [2.45, 2.75) is 32.2 Å². The summed E-state index contributed by atoms with van der Waals surface area (Å²) in [5, 5.41) is 3.27. The molecule has 0 bridgehead atoms. The molecule has 0 aromatic heterocycles. The van der Waals surface area contributed by atoms with Crippen LogP contribution in [0.2, 0.25) is 0 Å². The van der Waals surface area contributed by atoms with E-state index in [1.807, 2.05) is 6.92 Å². The quantitative estimate of drug-likeness (QED) is 0.713. The van der Waals surface area contributed by atoms with Gasteiger partial charge in [-0.25, -0.2) is 0 Å². The van der Waals surface area contributed by atoms with E-state index in [2.05, 4.69) is 5.32 Å². The highest BCUT2D eigenvalue weighted by molar-refractivity contribution is 5.85. The summed E-state index contributed by atoms with van der Waals surface area (Å²) in [6.45, 7) is 3.36. The van der Waals surface area contributed by atoms with E-state index in [1.54, 1.807) is 0 Å². The molecule has 2 aliphatic rings. The van der Waals surface area contributed by atoms with Crippen molar-refractivity contribution in [3.8, 4) is 0 Å². The first kappa shape index (κ1) is 11.8. The van der Waals surface area contributed by atoms with Crippen molar-refractivity contribution in [2.75, 3.05) is 13.2 Å². The molecule has 1 heterocycles. The number of esters is 1. The summed E-state index contributed by atoms with van der Waals surface area (Å²) < 4.78 is 5.03. The Bertz CT molecular complexity index is 210. The Morgan fingerprint density at radius 2 is 2.29 bits per heavy atom. The van der Waals surface area contributed by atoms with Crippen LogP contribution < -0.4 is 5.32 Å². The number of fused-ring (bicyclic) bond motifs is 1. The molecule has 4 heteroatoms. The highest BCUT2D eigenvalue weighted by Crippen LogP contribution is 2.37. The Morgan fingerprint density at radius 1 is 1.50 bits per heavy atom. The number of rotatable bonds is 2. The van der Waals surface area contributed by atoms with E-state index in [0.717, 1.165) is 12.5 Å². The maximum atomic E-state index is 11.5. The summed E-state index contributed by atoms with van der Waals surface area (Å²) in [4.78, 5) is 11.5. The molecule has 0 amide bonds. The van der Waals surface area contributed by atoms with Crippen LogP contribution in [0.15, 0.2) is 0 Å². The van der Waals surface area contributed by atoms with Gasteiger partial charge in [0.1, 0.15) is 6.04 Å². The van der Waals surface area contributed by atoms with Gasteiger partial charge < -0.3 is 10.1 Å². The number of nitrogens with one attached hydrogen (secondary N) is 1. The molecule has 2 fully saturated rings. The van der Waals surface area contributed by atoms with Crippen LogP contribution in [0.1, 0.15) is 26.2 Å². The predicted molar refractivity (Wildman–Crippen MR) is 56.5 cm³/mol. The van der Waals surface area contributed by atoms with Crippen molar-refractivity contribution in [3.05, 3.63) is 0 Å². The smallest absolute Gasteiger partial charge is 0.323 e. The highest BCUT2D eigenvalue weighted by Gasteiger charge is 2.42. The molecule has 3 nitrogen and oxygen atoms in total. The van der Waals surface area contributed by atoms with Crippen molar-refractivity contribution in [1.82, 2.24) is 5.32 Å². The van der Waals surface area contributed by atoms with E-state index in [4.69, 9.17) is 4.74 Å². The summed E-state index contributed by atoms with van der Waals surface area (Å²) in [7, 11) is 0. The molecule has 14 heavy (non-hydrogen) atoms. The monoisotopic (exact) mass is 219 g/mol. The van der Waals surface area contributed by atoms with Gasteiger partial charge in [-0.2, -0.15) is 0 Å². The SMILES string of the molecule is CCOC(=O)[C@@H]1NC[C@H]2CCC[C@H]21.Cl. The molecule has 1 aliphatic heterocycles. The molecule has 0 spiro atoms. The Balaban J connectivity index is 0.000000980. The zero-order valence-electron chi connectivity index (χ0n) is 8.49. The molecule has 0 aromatic rings. The first-order chi connectivity index (χ1) is 6.33. The molecular formula is C10H18ClNO2.